The molecule has 37 heavy (non-hydrogen) atoms. The van der Waals surface area contributed by atoms with Crippen LogP contribution in [-0.2, 0) is 0 Å². The van der Waals surface area contributed by atoms with Crippen molar-refractivity contribution in [2.45, 2.75) is 44.6 Å². The summed E-state index contributed by atoms with van der Waals surface area (Å²) >= 11 is 0. The number of benzene rings is 1. The summed E-state index contributed by atoms with van der Waals surface area (Å²) in [5.74, 6) is 0.972. The fraction of sp³-hybridized carbons (Fsp3) is 0.333. The number of para-hydroxylation sites is 1. The van der Waals surface area contributed by atoms with Crippen molar-refractivity contribution in [1.82, 2.24) is 15.0 Å². The van der Waals surface area contributed by atoms with E-state index >= 15 is 0 Å². The molecule has 6 N–H and O–H groups in total. The molecule has 192 valence electrons. The highest BCUT2D eigenvalue weighted by atomic mass is 16.5. The van der Waals surface area contributed by atoms with E-state index in [4.69, 9.17) is 14.7 Å². The van der Waals surface area contributed by atoms with E-state index in [2.05, 4.69) is 20.6 Å². The molecule has 3 heterocycles. The number of fused-ring (bicyclic) bond motifs is 1. The van der Waals surface area contributed by atoms with E-state index in [1.807, 2.05) is 62.4 Å². The number of aromatic nitrogens is 4. The maximum atomic E-state index is 10.6. The summed E-state index contributed by atoms with van der Waals surface area (Å²) in [5.41, 5.74) is 2.88. The van der Waals surface area contributed by atoms with Gasteiger partial charge < -0.3 is 30.7 Å². The lowest BCUT2D eigenvalue weighted by atomic mass is 10.1. The molecule has 5 rings (SSSR count). The van der Waals surface area contributed by atoms with Crippen LogP contribution in [0.3, 0.4) is 0 Å². The van der Waals surface area contributed by atoms with E-state index in [-0.39, 0.29) is 12.7 Å². The molecule has 0 saturated heterocycles. The lowest BCUT2D eigenvalue weighted by molar-refractivity contribution is -0.396. The first-order valence-corrected chi connectivity index (χ1v) is 12.3. The van der Waals surface area contributed by atoms with E-state index in [0.717, 1.165) is 16.6 Å². The van der Waals surface area contributed by atoms with Gasteiger partial charge in [-0.1, -0.05) is 24.3 Å². The average molecular weight is 504 g/mol. The van der Waals surface area contributed by atoms with Crippen molar-refractivity contribution in [1.29, 1.82) is 0 Å². The van der Waals surface area contributed by atoms with Crippen molar-refractivity contribution in [3.8, 4) is 17.1 Å². The number of aromatic amines is 1. The summed E-state index contributed by atoms with van der Waals surface area (Å²) in [5, 5.41) is 38.0. The quantitative estimate of drug-likeness (QED) is 0.245. The Hall–Kier alpha value is -3.86. The molecule has 1 aliphatic carbocycles. The number of nitrogens with zero attached hydrogens (tertiary/aromatic N) is 3. The van der Waals surface area contributed by atoms with Gasteiger partial charge in [-0.05, 0) is 32.4 Å². The normalized spacial score (nSPS) is 21.4. The highest BCUT2D eigenvalue weighted by Crippen LogP contribution is 2.33. The van der Waals surface area contributed by atoms with Gasteiger partial charge in [0.25, 0.3) is 0 Å². The second-order valence-corrected chi connectivity index (χ2v) is 9.49. The van der Waals surface area contributed by atoms with Crippen molar-refractivity contribution >= 4 is 28.4 Å². The lowest BCUT2D eigenvalue weighted by Crippen LogP contribution is -2.35. The van der Waals surface area contributed by atoms with Crippen molar-refractivity contribution in [2.75, 3.05) is 17.2 Å². The van der Waals surface area contributed by atoms with E-state index in [9.17, 15) is 15.3 Å². The number of anilines is 3. The maximum Gasteiger partial charge on any atom is 0.368 e. The smallest absolute Gasteiger partial charge is 0.368 e. The Morgan fingerprint density at radius 2 is 1.92 bits per heavy atom. The van der Waals surface area contributed by atoms with Crippen LogP contribution in [0, 0.1) is 5.92 Å². The third-order valence-electron chi connectivity index (χ3n) is 6.42. The van der Waals surface area contributed by atoms with Gasteiger partial charge in [0.2, 0.25) is 5.95 Å². The summed E-state index contributed by atoms with van der Waals surface area (Å²) in [6.07, 6.45) is 1.77. The molecule has 0 unspecified atom stereocenters. The summed E-state index contributed by atoms with van der Waals surface area (Å²) in [7, 11) is 0. The molecule has 0 amide bonds. The number of nitrogens with one attached hydrogen (secondary N) is 3. The Morgan fingerprint density at radius 1 is 1.08 bits per heavy atom. The van der Waals surface area contributed by atoms with Crippen LogP contribution in [0.15, 0.2) is 60.9 Å². The number of rotatable bonds is 8. The van der Waals surface area contributed by atoms with Gasteiger partial charge in [0.1, 0.15) is 11.9 Å². The molecule has 10 heteroatoms. The maximum absolute atomic E-state index is 10.6. The van der Waals surface area contributed by atoms with Crippen LogP contribution >= 0.6 is 0 Å². The Kier molecular flexibility index (Phi) is 7.13. The molecule has 10 nitrogen and oxygen atoms in total. The minimum Gasteiger partial charge on any atom is -0.442 e. The van der Waals surface area contributed by atoms with Crippen LogP contribution in [0.5, 0.6) is 5.88 Å². The molecule has 1 fully saturated rings. The molecule has 0 aliphatic heterocycles. The van der Waals surface area contributed by atoms with E-state index < -0.39 is 24.2 Å². The van der Waals surface area contributed by atoms with Crippen molar-refractivity contribution in [2.24, 2.45) is 5.92 Å². The van der Waals surface area contributed by atoms with Gasteiger partial charge in [-0.3, -0.25) is 0 Å². The third kappa shape index (κ3) is 5.46. The number of aliphatic hydroxyl groups is 3. The summed E-state index contributed by atoms with van der Waals surface area (Å²) in [6, 6.07) is 14.9. The summed E-state index contributed by atoms with van der Waals surface area (Å²) in [4.78, 5) is 17.1. The zero-order valence-electron chi connectivity index (χ0n) is 20.7. The highest BCUT2D eigenvalue weighted by molar-refractivity contribution is 5.83. The molecule has 0 radical (unpaired) electrons. The lowest BCUT2D eigenvalue weighted by Gasteiger charge is -2.21. The Morgan fingerprint density at radius 3 is 2.70 bits per heavy atom. The molecule has 0 bridgehead atoms. The molecular weight excluding hydrogens is 472 g/mol. The van der Waals surface area contributed by atoms with Gasteiger partial charge in [0.15, 0.2) is 6.20 Å². The van der Waals surface area contributed by atoms with Gasteiger partial charge in [0.05, 0.1) is 46.8 Å². The van der Waals surface area contributed by atoms with Crippen LogP contribution in [0.2, 0.25) is 0 Å². The topological polar surface area (TPSA) is 147 Å². The number of ether oxygens (including phenoxy) is 1. The van der Waals surface area contributed by atoms with Gasteiger partial charge >= 0.3 is 5.88 Å². The average Bonchev–Trinajstić information content (AvgIpc) is 3.16. The van der Waals surface area contributed by atoms with Crippen LogP contribution in [0.1, 0.15) is 20.3 Å². The number of hydrogen-bond donors (Lipinski definition) is 5. The molecule has 1 aromatic carbocycles. The van der Waals surface area contributed by atoms with Crippen LogP contribution in [0.4, 0.5) is 17.5 Å². The Labute approximate surface area is 214 Å². The first-order valence-electron chi connectivity index (χ1n) is 12.3. The minimum atomic E-state index is -1.05. The van der Waals surface area contributed by atoms with Crippen LogP contribution in [-0.4, -0.2) is 61.2 Å². The predicted octanol–water partition coefficient (Wildman–Crippen LogP) is 2.55. The number of H-pyrrole nitrogens is 1. The zero-order chi connectivity index (χ0) is 25.9. The van der Waals surface area contributed by atoms with Gasteiger partial charge in [-0.2, -0.15) is 9.97 Å². The SMILES string of the molecule is CC(C)Oc1cc(Nc2ncc(-c3ccc4ccccc4n3)c(N[C@@H]3C[C@H](CO)[C@@H](O)[C@H]3O)n2)cc[nH+]1. The summed E-state index contributed by atoms with van der Waals surface area (Å²) in [6.45, 7) is 3.69. The monoisotopic (exact) mass is 503 g/mol. The Balaban J connectivity index is 1.49. The highest BCUT2D eigenvalue weighted by Gasteiger charge is 2.41. The van der Waals surface area contributed by atoms with E-state index in [1.54, 1.807) is 12.4 Å². The third-order valence-corrected chi connectivity index (χ3v) is 6.42. The molecule has 1 saturated carbocycles. The van der Waals surface area contributed by atoms with Crippen molar-refractivity contribution in [3.63, 3.8) is 0 Å². The van der Waals surface area contributed by atoms with Gasteiger partial charge in [0, 0.05) is 30.2 Å². The van der Waals surface area contributed by atoms with E-state index in [0.29, 0.717) is 35.3 Å². The molecule has 0 spiro atoms. The van der Waals surface area contributed by atoms with E-state index in [1.165, 1.54) is 0 Å². The molecule has 1 aliphatic rings. The predicted molar refractivity (Wildman–Crippen MR) is 139 cm³/mol. The van der Waals surface area contributed by atoms with Crippen molar-refractivity contribution in [3.05, 3.63) is 60.9 Å². The van der Waals surface area contributed by atoms with Crippen molar-refractivity contribution < 1.29 is 25.0 Å². The fourth-order valence-electron chi connectivity index (χ4n) is 4.55. The molecular formula is C27H31N6O4+. The van der Waals surface area contributed by atoms with Crippen LogP contribution < -0.4 is 20.4 Å². The largest absolute Gasteiger partial charge is 0.442 e. The number of pyridine rings is 2. The van der Waals surface area contributed by atoms with Gasteiger partial charge in [-0.25, -0.2) is 9.97 Å². The first kappa shape index (κ1) is 24.8. The minimum absolute atomic E-state index is 0.0169. The molecule has 4 atom stereocenters. The molecule has 3 aromatic heterocycles. The standard InChI is InChI=1S/C27H30N6O4/c1-15(2)37-23-12-18(9-10-28-23)30-27-29-13-19(21-8-7-16-5-3-4-6-20(16)31-21)26(33-27)32-22-11-17(14-34)24(35)25(22)36/h3-10,12-13,15,17,22,24-25,34-36H,11,14H2,1-2H3,(H2,28,29,30,32,33)/p+1/t17-,22-,24-,25+/m1/s1. The first-order chi connectivity index (χ1) is 17.9. The fourth-order valence-corrected chi connectivity index (χ4v) is 4.55. The second kappa shape index (κ2) is 10.6. The van der Waals surface area contributed by atoms with Crippen LogP contribution in [0.25, 0.3) is 22.2 Å². The molecule has 4 aromatic rings. The number of aliphatic hydroxyl groups excluding tert-OH is 3. The zero-order valence-corrected chi connectivity index (χ0v) is 20.7. The Bertz CT molecular complexity index is 1380. The van der Waals surface area contributed by atoms with Gasteiger partial charge in [-0.15, -0.1) is 0 Å². The number of hydrogen-bond acceptors (Lipinski definition) is 9. The second-order valence-electron chi connectivity index (χ2n) is 9.49. The summed E-state index contributed by atoms with van der Waals surface area (Å²) < 4.78 is 5.73.